The summed E-state index contributed by atoms with van der Waals surface area (Å²) in [5, 5.41) is 2.56. The highest BCUT2D eigenvalue weighted by Gasteiger charge is 2.15. The highest BCUT2D eigenvalue weighted by molar-refractivity contribution is 5.97. The molecule has 0 heterocycles. The second-order valence-electron chi connectivity index (χ2n) is 5.39. The number of rotatable bonds is 6. The maximum atomic E-state index is 13.6. The van der Waals surface area contributed by atoms with Gasteiger partial charge in [-0.1, -0.05) is 6.07 Å². The van der Waals surface area contributed by atoms with E-state index in [-0.39, 0.29) is 24.2 Å². The van der Waals surface area contributed by atoms with Crippen molar-refractivity contribution in [3.05, 3.63) is 71.0 Å². The van der Waals surface area contributed by atoms with E-state index in [1.165, 1.54) is 30.3 Å². The monoisotopic (exact) mass is 335 g/mol. The van der Waals surface area contributed by atoms with E-state index >= 15 is 0 Å². The Morgan fingerprint density at radius 2 is 1.58 bits per heavy atom. The first-order valence-corrected chi connectivity index (χ1v) is 7.40. The van der Waals surface area contributed by atoms with Gasteiger partial charge in [0.05, 0.1) is 6.04 Å². The molecule has 0 aromatic heterocycles. The molecule has 0 fully saturated rings. The van der Waals surface area contributed by atoms with Gasteiger partial charge in [0.1, 0.15) is 17.5 Å². The molecular weight excluding hydrogens is 319 g/mol. The van der Waals surface area contributed by atoms with Crippen molar-refractivity contribution in [3.63, 3.8) is 0 Å². The van der Waals surface area contributed by atoms with Gasteiger partial charge in [-0.2, -0.15) is 0 Å². The predicted molar refractivity (Wildman–Crippen MR) is 82.9 cm³/mol. The number of carbonyl (C=O) groups is 2. The number of nitrogens with one attached hydrogen (secondary N) is 1. The van der Waals surface area contributed by atoms with Crippen LogP contribution in [-0.4, -0.2) is 11.7 Å². The number of Topliss-reactive ketones (excluding diaryl/α,β-unsaturated/α-hetero) is 1. The van der Waals surface area contributed by atoms with Crippen molar-refractivity contribution < 1.29 is 22.8 Å². The van der Waals surface area contributed by atoms with Crippen molar-refractivity contribution in [1.29, 1.82) is 0 Å². The van der Waals surface area contributed by atoms with Crippen LogP contribution in [0.15, 0.2) is 42.5 Å². The summed E-state index contributed by atoms with van der Waals surface area (Å²) in [5.41, 5.74) is 0.483. The highest BCUT2D eigenvalue weighted by Crippen LogP contribution is 2.18. The zero-order chi connectivity index (χ0) is 17.7. The largest absolute Gasteiger partial charge is 0.349 e. The van der Waals surface area contributed by atoms with Crippen molar-refractivity contribution >= 4 is 11.7 Å². The van der Waals surface area contributed by atoms with E-state index in [2.05, 4.69) is 5.32 Å². The molecule has 0 saturated heterocycles. The summed E-state index contributed by atoms with van der Waals surface area (Å²) in [6.07, 6.45) is -0.126. The first kappa shape index (κ1) is 17.7. The van der Waals surface area contributed by atoms with E-state index in [4.69, 9.17) is 0 Å². The Morgan fingerprint density at radius 3 is 2.21 bits per heavy atom. The number of halogens is 3. The zero-order valence-electron chi connectivity index (χ0n) is 13.0. The Bertz CT molecular complexity index is 744. The van der Waals surface area contributed by atoms with Crippen LogP contribution in [0.1, 0.15) is 41.7 Å². The number of ketones is 1. The molecule has 1 amide bonds. The summed E-state index contributed by atoms with van der Waals surface area (Å²) in [6, 6.07) is 7.52. The average Bonchev–Trinajstić information content (AvgIpc) is 2.53. The molecule has 6 heteroatoms. The number of carbonyl (C=O) groups excluding carboxylic acids is 2. The van der Waals surface area contributed by atoms with E-state index < -0.39 is 29.4 Å². The van der Waals surface area contributed by atoms with Gasteiger partial charge in [-0.3, -0.25) is 9.59 Å². The smallest absolute Gasteiger partial charge is 0.220 e. The molecule has 24 heavy (non-hydrogen) atoms. The minimum Gasteiger partial charge on any atom is -0.349 e. The molecule has 0 aliphatic carbocycles. The van der Waals surface area contributed by atoms with Crippen LogP contribution in [0.3, 0.4) is 0 Å². The van der Waals surface area contributed by atoms with Crippen molar-refractivity contribution in [2.24, 2.45) is 0 Å². The molecule has 0 spiro atoms. The molecule has 0 aliphatic rings. The molecule has 126 valence electrons. The molecule has 0 aliphatic heterocycles. The molecule has 1 atom stereocenters. The zero-order valence-corrected chi connectivity index (χ0v) is 13.0. The first-order chi connectivity index (χ1) is 11.4. The summed E-state index contributed by atoms with van der Waals surface area (Å²) in [4.78, 5) is 23.8. The Kier molecular flexibility index (Phi) is 5.73. The molecular formula is C18H16F3NO2. The predicted octanol–water partition coefficient (Wildman–Crippen LogP) is 3.94. The van der Waals surface area contributed by atoms with Crippen LogP contribution in [0.5, 0.6) is 0 Å². The van der Waals surface area contributed by atoms with E-state index in [1.807, 2.05) is 0 Å². The normalized spacial score (nSPS) is 11.8. The van der Waals surface area contributed by atoms with E-state index in [0.717, 1.165) is 12.1 Å². The Hall–Kier alpha value is -2.63. The molecule has 2 rings (SSSR count). The van der Waals surface area contributed by atoms with Gasteiger partial charge in [0.15, 0.2) is 5.78 Å². The molecule has 0 bridgehead atoms. The molecule has 0 radical (unpaired) electrons. The lowest BCUT2D eigenvalue weighted by atomic mass is 10.1. The SMILES string of the molecule is C[C@H](NC(=O)CCC(=O)c1ccc(F)cc1)c1ccc(F)cc1F. The topological polar surface area (TPSA) is 46.2 Å². The van der Waals surface area contributed by atoms with Crippen LogP contribution in [0, 0.1) is 17.5 Å². The fourth-order valence-electron chi connectivity index (χ4n) is 2.25. The minimum atomic E-state index is -0.745. The second-order valence-corrected chi connectivity index (χ2v) is 5.39. The summed E-state index contributed by atoms with van der Waals surface area (Å²) in [6.45, 7) is 1.57. The third kappa shape index (κ3) is 4.68. The fraction of sp³-hybridized carbons (Fsp3) is 0.222. The third-order valence-corrected chi connectivity index (χ3v) is 3.55. The van der Waals surface area contributed by atoms with Crippen molar-refractivity contribution in [2.75, 3.05) is 0 Å². The van der Waals surface area contributed by atoms with E-state index in [9.17, 15) is 22.8 Å². The maximum absolute atomic E-state index is 13.6. The quantitative estimate of drug-likeness (QED) is 0.813. The van der Waals surface area contributed by atoms with Gasteiger partial charge in [-0.15, -0.1) is 0 Å². The number of hydrogen-bond donors (Lipinski definition) is 1. The molecule has 0 saturated carbocycles. The standard InChI is InChI=1S/C18H16F3NO2/c1-11(15-7-6-14(20)10-16(15)21)22-18(24)9-8-17(23)12-2-4-13(19)5-3-12/h2-7,10-11H,8-9H2,1H3,(H,22,24)/t11-/m0/s1. The van der Waals surface area contributed by atoms with Gasteiger partial charge in [0.2, 0.25) is 5.91 Å². The van der Waals surface area contributed by atoms with Crippen molar-refractivity contribution in [3.8, 4) is 0 Å². The molecule has 3 nitrogen and oxygen atoms in total. The Morgan fingerprint density at radius 1 is 0.958 bits per heavy atom. The van der Waals surface area contributed by atoms with Gasteiger partial charge in [-0.05, 0) is 37.3 Å². The first-order valence-electron chi connectivity index (χ1n) is 7.40. The van der Waals surface area contributed by atoms with Gasteiger partial charge in [-0.25, -0.2) is 13.2 Å². The maximum Gasteiger partial charge on any atom is 0.220 e. The Balaban J connectivity index is 1.88. The van der Waals surface area contributed by atoms with Gasteiger partial charge in [0.25, 0.3) is 0 Å². The highest BCUT2D eigenvalue weighted by atomic mass is 19.1. The second kappa shape index (κ2) is 7.77. The van der Waals surface area contributed by atoms with Gasteiger partial charge >= 0.3 is 0 Å². The van der Waals surface area contributed by atoms with Gasteiger partial charge < -0.3 is 5.32 Å². The van der Waals surface area contributed by atoms with E-state index in [1.54, 1.807) is 6.92 Å². The van der Waals surface area contributed by atoms with Crippen molar-refractivity contribution in [2.45, 2.75) is 25.8 Å². The van der Waals surface area contributed by atoms with E-state index in [0.29, 0.717) is 5.56 Å². The number of benzene rings is 2. The fourth-order valence-corrected chi connectivity index (χ4v) is 2.25. The molecule has 1 N–H and O–H groups in total. The van der Waals surface area contributed by atoms with Crippen LogP contribution in [-0.2, 0) is 4.79 Å². The lowest BCUT2D eigenvalue weighted by molar-refractivity contribution is -0.121. The van der Waals surface area contributed by atoms with Crippen LogP contribution in [0.4, 0.5) is 13.2 Å². The molecule has 2 aromatic carbocycles. The average molecular weight is 335 g/mol. The third-order valence-electron chi connectivity index (χ3n) is 3.55. The summed E-state index contributed by atoms with van der Waals surface area (Å²) in [7, 11) is 0. The number of amides is 1. The summed E-state index contributed by atoms with van der Waals surface area (Å²) >= 11 is 0. The van der Waals surface area contributed by atoms with Crippen LogP contribution in [0.2, 0.25) is 0 Å². The molecule has 2 aromatic rings. The lowest BCUT2D eigenvalue weighted by Crippen LogP contribution is -2.27. The minimum absolute atomic E-state index is 0.0455. The molecule has 0 unspecified atom stereocenters. The van der Waals surface area contributed by atoms with Crippen LogP contribution in [0.25, 0.3) is 0 Å². The summed E-state index contributed by atoms with van der Waals surface area (Å²) < 4.78 is 39.3. The Labute approximate surface area is 137 Å². The van der Waals surface area contributed by atoms with Gasteiger partial charge in [0, 0.05) is 30.0 Å². The van der Waals surface area contributed by atoms with Crippen molar-refractivity contribution in [1.82, 2.24) is 5.32 Å². The summed E-state index contributed by atoms with van der Waals surface area (Å²) in [5.74, 6) is -2.60. The van der Waals surface area contributed by atoms with Crippen LogP contribution < -0.4 is 5.32 Å². The van der Waals surface area contributed by atoms with Crippen LogP contribution >= 0.6 is 0 Å². The lowest BCUT2D eigenvalue weighted by Gasteiger charge is -2.15. The number of hydrogen-bond acceptors (Lipinski definition) is 2.